The minimum atomic E-state index is -0.409. The van der Waals surface area contributed by atoms with Crippen molar-refractivity contribution in [1.29, 1.82) is 0 Å². The molecule has 104 valence electrons. The molecular weight excluding hydrogens is 248 g/mol. The third kappa shape index (κ3) is 2.72. The van der Waals surface area contributed by atoms with E-state index in [9.17, 15) is 10.1 Å². The van der Waals surface area contributed by atoms with Gasteiger partial charge in [-0.15, -0.1) is 0 Å². The summed E-state index contributed by atoms with van der Waals surface area (Å²) in [5.41, 5.74) is 0.503. The van der Waals surface area contributed by atoms with Crippen LogP contribution in [0.15, 0.2) is 12.1 Å². The summed E-state index contributed by atoms with van der Waals surface area (Å²) in [6.07, 6.45) is 2.14. The molecule has 0 spiro atoms. The number of ether oxygens (including phenoxy) is 2. The summed E-state index contributed by atoms with van der Waals surface area (Å²) in [4.78, 5) is 10.7. The molecule has 6 nitrogen and oxygen atoms in total. The Kier molecular flexibility index (Phi) is 3.78. The third-order valence-corrected chi connectivity index (χ3v) is 3.49. The van der Waals surface area contributed by atoms with Crippen LogP contribution in [0.4, 0.5) is 11.4 Å². The maximum atomic E-state index is 11.1. The summed E-state index contributed by atoms with van der Waals surface area (Å²) in [7, 11) is 2.97. The zero-order valence-corrected chi connectivity index (χ0v) is 11.3. The van der Waals surface area contributed by atoms with Crippen molar-refractivity contribution in [1.82, 2.24) is 0 Å². The van der Waals surface area contributed by atoms with E-state index < -0.39 is 4.92 Å². The molecular formula is C13H18N2O4. The summed E-state index contributed by atoms with van der Waals surface area (Å²) in [6, 6.07) is 3.34. The predicted octanol–water partition coefficient (Wildman–Crippen LogP) is 2.82. The van der Waals surface area contributed by atoms with E-state index in [-0.39, 0.29) is 5.69 Å². The van der Waals surface area contributed by atoms with Gasteiger partial charge in [0, 0.05) is 12.1 Å². The molecule has 0 heterocycles. The molecule has 1 aromatic rings. The zero-order chi connectivity index (χ0) is 14.0. The lowest BCUT2D eigenvalue weighted by molar-refractivity contribution is -0.384. The van der Waals surface area contributed by atoms with Crippen molar-refractivity contribution in [2.45, 2.75) is 25.8 Å². The van der Waals surface area contributed by atoms with Gasteiger partial charge in [-0.3, -0.25) is 10.1 Å². The van der Waals surface area contributed by atoms with Crippen LogP contribution in [0.3, 0.4) is 0 Å². The van der Waals surface area contributed by atoms with Crippen LogP contribution < -0.4 is 14.8 Å². The summed E-state index contributed by atoms with van der Waals surface area (Å²) in [6.45, 7) is 2.12. The molecule has 0 radical (unpaired) electrons. The first-order chi connectivity index (χ1) is 9.10. The van der Waals surface area contributed by atoms with Crippen molar-refractivity contribution >= 4 is 11.4 Å². The second kappa shape index (κ2) is 5.34. The molecule has 0 saturated heterocycles. The molecule has 1 aliphatic rings. The lowest BCUT2D eigenvalue weighted by Crippen LogP contribution is -2.07. The van der Waals surface area contributed by atoms with Crippen LogP contribution in [0.2, 0.25) is 0 Å². The second-order valence-corrected chi connectivity index (χ2v) is 4.64. The Hall–Kier alpha value is -1.98. The molecule has 0 aliphatic heterocycles. The van der Waals surface area contributed by atoms with Crippen LogP contribution in [0.5, 0.6) is 11.5 Å². The van der Waals surface area contributed by atoms with Gasteiger partial charge in [-0.2, -0.15) is 0 Å². The summed E-state index contributed by atoms with van der Waals surface area (Å²) >= 11 is 0. The van der Waals surface area contributed by atoms with Crippen molar-refractivity contribution in [3.8, 4) is 11.5 Å². The van der Waals surface area contributed by atoms with Gasteiger partial charge in [0.1, 0.15) is 5.69 Å². The number of nitrogens with one attached hydrogen (secondary N) is 1. The van der Waals surface area contributed by atoms with Crippen LogP contribution in [0.25, 0.3) is 0 Å². The van der Waals surface area contributed by atoms with Crippen molar-refractivity contribution in [3.63, 3.8) is 0 Å². The molecule has 1 N–H and O–H groups in total. The van der Waals surface area contributed by atoms with Gasteiger partial charge < -0.3 is 14.8 Å². The molecule has 2 unspecified atom stereocenters. The van der Waals surface area contributed by atoms with Crippen LogP contribution in [0.1, 0.15) is 19.8 Å². The Morgan fingerprint density at radius 1 is 1.37 bits per heavy atom. The fraction of sp³-hybridized carbons (Fsp3) is 0.538. The standard InChI is InChI=1S/C13H18N2O4/c1-4-8-5-9(8)14-10-6-12(18-2)13(19-3)7-11(10)15(16)17/h6-9,14H,4-5H2,1-3H3. The van der Waals surface area contributed by atoms with Gasteiger partial charge in [-0.25, -0.2) is 0 Å². The number of nitro groups is 1. The van der Waals surface area contributed by atoms with Crippen LogP contribution in [-0.2, 0) is 0 Å². The average molecular weight is 266 g/mol. The monoisotopic (exact) mass is 266 g/mol. The normalized spacial score (nSPS) is 20.8. The first-order valence-corrected chi connectivity index (χ1v) is 6.27. The van der Waals surface area contributed by atoms with Crippen molar-refractivity contribution in [3.05, 3.63) is 22.2 Å². The number of hydrogen-bond acceptors (Lipinski definition) is 5. The largest absolute Gasteiger partial charge is 0.493 e. The molecule has 2 rings (SSSR count). The molecule has 1 fully saturated rings. The average Bonchev–Trinajstić information content (AvgIpc) is 3.16. The van der Waals surface area contributed by atoms with E-state index >= 15 is 0 Å². The molecule has 1 aliphatic carbocycles. The fourth-order valence-electron chi connectivity index (χ4n) is 2.21. The molecule has 2 atom stereocenters. The zero-order valence-electron chi connectivity index (χ0n) is 11.3. The first kappa shape index (κ1) is 13.5. The van der Waals surface area contributed by atoms with Crippen molar-refractivity contribution in [2.24, 2.45) is 5.92 Å². The first-order valence-electron chi connectivity index (χ1n) is 6.27. The van der Waals surface area contributed by atoms with Crippen LogP contribution in [0, 0.1) is 16.0 Å². The molecule has 0 amide bonds. The maximum Gasteiger partial charge on any atom is 0.296 e. The van der Waals surface area contributed by atoms with Gasteiger partial charge in [0.25, 0.3) is 5.69 Å². The number of nitrogens with zero attached hydrogens (tertiary/aromatic N) is 1. The minimum Gasteiger partial charge on any atom is -0.493 e. The summed E-state index contributed by atoms with van der Waals surface area (Å²) in [5, 5.41) is 14.3. The SMILES string of the molecule is CCC1CC1Nc1cc(OC)c(OC)cc1[N+](=O)[O-]. The van der Waals surface area contributed by atoms with Crippen molar-refractivity contribution < 1.29 is 14.4 Å². The van der Waals surface area contributed by atoms with Crippen LogP contribution >= 0.6 is 0 Å². The highest BCUT2D eigenvalue weighted by molar-refractivity contribution is 5.69. The van der Waals surface area contributed by atoms with Gasteiger partial charge >= 0.3 is 0 Å². The number of nitro benzene ring substituents is 1. The van der Waals surface area contributed by atoms with Gasteiger partial charge in [0.15, 0.2) is 11.5 Å². The molecule has 0 bridgehead atoms. The molecule has 1 saturated carbocycles. The molecule has 1 aromatic carbocycles. The predicted molar refractivity (Wildman–Crippen MR) is 72.0 cm³/mol. The Morgan fingerprint density at radius 2 is 2.00 bits per heavy atom. The second-order valence-electron chi connectivity index (χ2n) is 4.64. The third-order valence-electron chi connectivity index (χ3n) is 3.49. The maximum absolute atomic E-state index is 11.1. The molecule has 0 aromatic heterocycles. The highest BCUT2D eigenvalue weighted by Crippen LogP contribution is 2.42. The topological polar surface area (TPSA) is 73.6 Å². The van der Waals surface area contributed by atoms with Gasteiger partial charge in [0.05, 0.1) is 25.2 Å². The number of methoxy groups -OCH3 is 2. The summed E-state index contributed by atoms with van der Waals surface area (Å²) < 4.78 is 10.3. The van der Waals surface area contributed by atoms with E-state index in [2.05, 4.69) is 12.2 Å². The highest BCUT2D eigenvalue weighted by atomic mass is 16.6. The Morgan fingerprint density at radius 3 is 2.47 bits per heavy atom. The van der Waals surface area contributed by atoms with Crippen LogP contribution in [-0.4, -0.2) is 25.2 Å². The molecule has 19 heavy (non-hydrogen) atoms. The number of anilines is 1. The van der Waals surface area contributed by atoms with Gasteiger partial charge in [0.2, 0.25) is 0 Å². The number of hydrogen-bond donors (Lipinski definition) is 1. The number of rotatable bonds is 6. The molecule has 6 heteroatoms. The highest BCUT2D eigenvalue weighted by Gasteiger charge is 2.36. The van der Waals surface area contributed by atoms with E-state index in [0.717, 1.165) is 12.8 Å². The smallest absolute Gasteiger partial charge is 0.296 e. The summed E-state index contributed by atoms with van der Waals surface area (Å²) in [5.74, 6) is 1.46. The van der Waals surface area contributed by atoms with E-state index in [0.29, 0.717) is 29.1 Å². The lowest BCUT2D eigenvalue weighted by Gasteiger charge is -2.12. The quantitative estimate of drug-likeness (QED) is 0.633. The van der Waals surface area contributed by atoms with Gasteiger partial charge in [-0.05, 0) is 12.3 Å². The minimum absolute atomic E-state index is 0.0133. The van der Waals surface area contributed by atoms with E-state index in [1.165, 1.54) is 20.3 Å². The Labute approximate surface area is 111 Å². The Bertz CT molecular complexity index is 490. The lowest BCUT2D eigenvalue weighted by atomic mass is 10.2. The van der Waals surface area contributed by atoms with Gasteiger partial charge in [-0.1, -0.05) is 13.3 Å². The van der Waals surface area contributed by atoms with E-state index in [1.54, 1.807) is 6.07 Å². The fourth-order valence-corrected chi connectivity index (χ4v) is 2.21. The number of benzene rings is 1. The van der Waals surface area contributed by atoms with E-state index in [4.69, 9.17) is 9.47 Å². The van der Waals surface area contributed by atoms with Crippen molar-refractivity contribution in [2.75, 3.05) is 19.5 Å². The van der Waals surface area contributed by atoms with E-state index in [1.807, 2.05) is 0 Å². The Balaban J connectivity index is 2.31.